The monoisotopic (exact) mass is 387 g/mol. The minimum absolute atomic E-state index is 0.0632. The third-order valence-corrected chi connectivity index (χ3v) is 5.75. The number of hydrazone groups is 1. The van der Waals surface area contributed by atoms with Crippen LogP contribution in [0.5, 0.6) is 11.5 Å². The average molecular weight is 388 g/mol. The van der Waals surface area contributed by atoms with Gasteiger partial charge in [-0.1, -0.05) is 32.0 Å². The fourth-order valence-electron chi connectivity index (χ4n) is 3.26. The summed E-state index contributed by atoms with van der Waals surface area (Å²) < 4.78 is 5.24. The number of hydrogen-bond donors (Lipinski definition) is 1. The number of hydrogen-bond acceptors (Lipinski definition) is 6. The van der Waals surface area contributed by atoms with Crippen molar-refractivity contribution in [3.05, 3.63) is 46.2 Å². The van der Waals surface area contributed by atoms with Gasteiger partial charge in [0.1, 0.15) is 0 Å². The van der Waals surface area contributed by atoms with Crippen LogP contribution in [0.3, 0.4) is 0 Å². The average Bonchev–Trinajstić information content (AvgIpc) is 3.35. The van der Waals surface area contributed by atoms with Gasteiger partial charge in [-0.15, -0.1) is 11.3 Å². The highest BCUT2D eigenvalue weighted by Crippen LogP contribution is 2.41. The number of thiophene rings is 1. The van der Waals surface area contributed by atoms with Crippen LogP contribution >= 0.6 is 11.3 Å². The molecular weight excluding hydrogens is 362 g/mol. The van der Waals surface area contributed by atoms with Crippen LogP contribution in [0.4, 0.5) is 0 Å². The first-order chi connectivity index (χ1) is 13.1. The van der Waals surface area contributed by atoms with Gasteiger partial charge in [0.05, 0.1) is 30.3 Å². The molecule has 144 valence electrons. The second-order valence-electron chi connectivity index (χ2n) is 6.34. The fraction of sp³-hybridized carbons (Fsp3) is 0.400. The van der Waals surface area contributed by atoms with Crippen molar-refractivity contribution < 1.29 is 14.6 Å². The molecule has 1 aliphatic heterocycles. The Morgan fingerprint density at radius 1 is 1.33 bits per heavy atom. The van der Waals surface area contributed by atoms with Crippen LogP contribution in [0.2, 0.25) is 0 Å². The van der Waals surface area contributed by atoms with Gasteiger partial charge in [-0.3, -0.25) is 9.69 Å². The van der Waals surface area contributed by atoms with E-state index in [-0.39, 0.29) is 17.7 Å². The summed E-state index contributed by atoms with van der Waals surface area (Å²) in [5, 5.41) is 18.8. The zero-order valence-electron chi connectivity index (χ0n) is 15.9. The molecule has 0 aliphatic carbocycles. The highest BCUT2D eigenvalue weighted by Gasteiger charge is 2.35. The molecule has 0 unspecified atom stereocenters. The maximum atomic E-state index is 13.0. The lowest BCUT2D eigenvalue weighted by molar-refractivity contribution is -0.134. The van der Waals surface area contributed by atoms with Crippen LogP contribution in [0.15, 0.2) is 40.8 Å². The first-order valence-corrected chi connectivity index (χ1v) is 9.98. The van der Waals surface area contributed by atoms with E-state index in [0.29, 0.717) is 24.3 Å². The number of aromatic hydroxyl groups is 1. The Morgan fingerprint density at radius 2 is 2.11 bits per heavy atom. The summed E-state index contributed by atoms with van der Waals surface area (Å²) in [4.78, 5) is 16.1. The molecule has 0 bridgehead atoms. The second kappa shape index (κ2) is 8.54. The highest BCUT2D eigenvalue weighted by molar-refractivity contribution is 7.12. The topological polar surface area (TPSA) is 65.4 Å². The Kier molecular flexibility index (Phi) is 6.13. The predicted molar refractivity (Wildman–Crippen MR) is 108 cm³/mol. The number of carbonyl (C=O) groups excluding carboxylic acids is 1. The van der Waals surface area contributed by atoms with Crippen molar-refractivity contribution in [2.45, 2.75) is 26.3 Å². The van der Waals surface area contributed by atoms with E-state index in [4.69, 9.17) is 4.74 Å². The number of benzene rings is 1. The van der Waals surface area contributed by atoms with Crippen LogP contribution in [0.25, 0.3) is 0 Å². The van der Waals surface area contributed by atoms with Crippen LogP contribution < -0.4 is 4.74 Å². The van der Waals surface area contributed by atoms with E-state index in [0.717, 1.165) is 23.7 Å². The molecular formula is C20H25N3O3S. The molecule has 0 radical (unpaired) electrons. The fourth-order valence-corrected chi connectivity index (χ4v) is 3.98. The molecule has 1 aliphatic rings. The van der Waals surface area contributed by atoms with E-state index < -0.39 is 0 Å². The zero-order valence-corrected chi connectivity index (χ0v) is 16.7. The summed E-state index contributed by atoms with van der Waals surface area (Å²) in [5.41, 5.74) is 1.52. The SMILES string of the molecule is CCN(CC)CC(=O)N1N=C(c2cccs2)C[C@@H]1c1cccc(OC)c1O. The smallest absolute Gasteiger partial charge is 0.257 e. The standard InChI is InChI=1S/C20H25N3O3S/c1-4-22(5-2)13-19(24)23-16(12-15(21-23)18-10-7-11-27-18)14-8-6-9-17(26-3)20(14)25/h6-11,16,25H,4-5,12-13H2,1-3H3/t16-/m1/s1. The van der Waals surface area contributed by atoms with Gasteiger partial charge in [0, 0.05) is 12.0 Å². The normalized spacial score (nSPS) is 16.7. The van der Waals surface area contributed by atoms with Crippen molar-refractivity contribution in [2.75, 3.05) is 26.7 Å². The molecule has 7 heteroatoms. The molecule has 0 fully saturated rings. The number of methoxy groups -OCH3 is 1. The first-order valence-electron chi connectivity index (χ1n) is 9.10. The van der Waals surface area contributed by atoms with Crippen molar-refractivity contribution in [3.63, 3.8) is 0 Å². The molecule has 6 nitrogen and oxygen atoms in total. The lowest BCUT2D eigenvalue weighted by Crippen LogP contribution is -2.38. The van der Waals surface area contributed by atoms with Crippen molar-refractivity contribution in [1.82, 2.24) is 9.91 Å². The minimum Gasteiger partial charge on any atom is -0.504 e. The summed E-state index contributed by atoms with van der Waals surface area (Å²) in [5.74, 6) is 0.388. The molecule has 3 rings (SSSR count). The summed E-state index contributed by atoms with van der Waals surface area (Å²) in [6.07, 6.45) is 0.561. The number of nitrogens with zero attached hydrogens (tertiary/aromatic N) is 3. The lowest BCUT2D eigenvalue weighted by Gasteiger charge is -2.26. The van der Waals surface area contributed by atoms with Gasteiger partial charge in [-0.05, 0) is 30.6 Å². The van der Waals surface area contributed by atoms with Crippen LogP contribution in [0, 0.1) is 0 Å². The first kappa shape index (κ1) is 19.4. The van der Waals surface area contributed by atoms with Crippen LogP contribution in [-0.4, -0.2) is 53.4 Å². The van der Waals surface area contributed by atoms with Gasteiger partial charge in [0.25, 0.3) is 5.91 Å². The molecule has 27 heavy (non-hydrogen) atoms. The molecule has 1 N–H and O–H groups in total. The molecule has 2 heterocycles. The summed E-state index contributed by atoms with van der Waals surface area (Å²) in [6, 6.07) is 8.99. The van der Waals surface area contributed by atoms with E-state index in [9.17, 15) is 9.90 Å². The minimum atomic E-state index is -0.347. The molecule has 1 atom stereocenters. The number of amides is 1. The second-order valence-corrected chi connectivity index (χ2v) is 7.29. The van der Waals surface area contributed by atoms with E-state index in [1.54, 1.807) is 17.4 Å². The molecule has 1 aromatic carbocycles. The van der Waals surface area contributed by atoms with Gasteiger partial charge >= 0.3 is 0 Å². The molecule has 1 amide bonds. The van der Waals surface area contributed by atoms with E-state index >= 15 is 0 Å². The van der Waals surface area contributed by atoms with E-state index in [1.165, 1.54) is 12.1 Å². The number of phenolic OH excluding ortho intramolecular Hbond substituents is 1. The Hall–Kier alpha value is -2.38. The molecule has 1 aromatic heterocycles. The number of carbonyl (C=O) groups is 1. The summed E-state index contributed by atoms with van der Waals surface area (Å²) >= 11 is 1.60. The van der Waals surface area contributed by atoms with Crippen LogP contribution in [-0.2, 0) is 4.79 Å². The third kappa shape index (κ3) is 3.99. The molecule has 0 spiro atoms. The number of phenols is 1. The summed E-state index contributed by atoms with van der Waals surface area (Å²) in [6.45, 7) is 5.97. The van der Waals surface area contributed by atoms with Crippen molar-refractivity contribution in [1.29, 1.82) is 0 Å². The highest BCUT2D eigenvalue weighted by atomic mass is 32.1. The lowest BCUT2D eigenvalue weighted by atomic mass is 9.99. The van der Waals surface area contributed by atoms with Gasteiger partial charge in [-0.2, -0.15) is 5.10 Å². The van der Waals surface area contributed by atoms with E-state index in [1.807, 2.05) is 43.5 Å². The maximum Gasteiger partial charge on any atom is 0.257 e. The van der Waals surface area contributed by atoms with Gasteiger partial charge in [0.15, 0.2) is 11.5 Å². The van der Waals surface area contributed by atoms with E-state index in [2.05, 4.69) is 10.0 Å². The number of para-hydroxylation sites is 1. The zero-order chi connectivity index (χ0) is 19.4. The Morgan fingerprint density at radius 3 is 2.74 bits per heavy atom. The molecule has 0 saturated heterocycles. The van der Waals surface area contributed by atoms with Gasteiger partial charge in [0.2, 0.25) is 0 Å². The largest absolute Gasteiger partial charge is 0.504 e. The number of likely N-dealkylation sites (N-methyl/N-ethyl adjacent to an activating group) is 1. The molecule has 2 aromatic rings. The maximum absolute atomic E-state index is 13.0. The Balaban J connectivity index is 1.95. The van der Waals surface area contributed by atoms with Crippen LogP contribution in [0.1, 0.15) is 36.8 Å². The van der Waals surface area contributed by atoms with Gasteiger partial charge < -0.3 is 9.84 Å². The van der Waals surface area contributed by atoms with Crippen molar-refractivity contribution in [3.8, 4) is 11.5 Å². The van der Waals surface area contributed by atoms with Crippen molar-refractivity contribution >= 4 is 23.0 Å². The number of rotatable bonds is 7. The third-order valence-electron chi connectivity index (χ3n) is 4.83. The Labute approximate surface area is 163 Å². The predicted octanol–water partition coefficient (Wildman–Crippen LogP) is 3.48. The molecule has 0 saturated carbocycles. The van der Waals surface area contributed by atoms with Gasteiger partial charge in [-0.25, -0.2) is 5.01 Å². The quantitative estimate of drug-likeness (QED) is 0.790. The van der Waals surface area contributed by atoms with Crippen molar-refractivity contribution in [2.24, 2.45) is 5.10 Å². The number of ether oxygens (including phenoxy) is 1. The summed E-state index contributed by atoms with van der Waals surface area (Å²) in [7, 11) is 1.52. The Bertz CT molecular complexity index is 816.